The summed E-state index contributed by atoms with van der Waals surface area (Å²) in [4.78, 5) is 4.59. The molecule has 3 aromatic rings. The number of nitrogens with two attached hydrogens (primary N) is 1. The molecule has 0 amide bonds. The Kier molecular flexibility index (Phi) is 4.75. The molecular weight excluding hydrogens is 300 g/mol. The highest BCUT2D eigenvalue weighted by Crippen LogP contribution is 2.29. The molecule has 21 heavy (non-hydrogen) atoms. The van der Waals surface area contributed by atoms with Crippen LogP contribution in [0.15, 0.2) is 52.9 Å². The van der Waals surface area contributed by atoms with Gasteiger partial charge in [-0.25, -0.2) is 4.98 Å². The summed E-state index contributed by atoms with van der Waals surface area (Å²) < 4.78 is 8.07. The Morgan fingerprint density at radius 3 is 2.90 bits per heavy atom. The zero-order valence-electron chi connectivity index (χ0n) is 11.5. The van der Waals surface area contributed by atoms with Crippen molar-refractivity contribution in [3.8, 4) is 5.75 Å². The molecule has 0 aliphatic rings. The number of thiazole rings is 1. The van der Waals surface area contributed by atoms with E-state index in [-0.39, 0.29) is 0 Å². The monoisotopic (exact) mass is 316 g/mol. The molecule has 0 bridgehead atoms. The molecule has 2 aromatic carbocycles. The zero-order chi connectivity index (χ0) is 14.5. The van der Waals surface area contributed by atoms with Crippen LogP contribution in [0.5, 0.6) is 5.75 Å². The lowest BCUT2D eigenvalue weighted by molar-refractivity contribution is 0.343. The van der Waals surface area contributed by atoms with Gasteiger partial charge >= 0.3 is 0 Å². The van der Waals surface area contributed by atoms with E-state index < -0.39 is 0 Å². The second kappa shape index (κ2) is 6.93. The van der Waals surface area contributed by atoms with Gasteiger partial charge in [-0.05, 0) is 29.8 Å². The fourth-order valence-corrected chi connectivity index (χ4v) is 3.92. The molecular formula is C16H16N2OS2. The van der Waals surface area contributed by atoms with E-state index in [2.05, 4.69) is 11.1 Å². The molecule has 0 spiro atoms. The van der Waals surface area contributed by atoms with Crippen LogP contribution in [0, 0.1) is 0 Å². The molecule has 0 aliphatic carbocycles. The minimum atomic E-state index is 0.539. The van der Waals surface area contributed by atoms with Gasteiger partial charge in [-0.1, -0.05) is 36.0 Å². The smallest absolute Gasteiger partial charge is 0.151 e. The average Bonchev–Trinajstić information content (AvgIpc) is 2.94. The Morgan fingerprint density at radius 1 is 1.14 bits per heavy atom. The van der Waals surface area contributed by atoms with E-state index in [1.165, 1.54) is 4.70 Å². The Labute approximate surface area is 132 Å². The molecule has 3 rings (SSSR count). The van der Waals surface area contributed by atoms with Gasteiger partial charge in [-0.15, -0.1) is 11.3 Å². The highest BCUT2D eigenvalue weighted by Gasteiger charge is 2.03. The van der Waals surface area contributed by atoms with Gasteiger partial charge in [0.05, 0.1) is 16.8 Å². The van der Waals surface area contributed by atoms with Crippen molar-refractivity contribution in [3.63, 3.8) is 0 Å². The fourth-order valence-electron chi connectivity index (χ4n) is 1.96. The highest BCUT2D eigenvalue weighted by atomic mass is 32.2. The molecule has 0 saturated carbocycles. The van der Waals surface area contributed by atoms with Crippen molar-refractivity contribution < 1.29 is 4.74 Å². The van der Waals surface area contributed by atoms with Crippen LogP contribution < -0.4 is 10.5 Å². The summed E-state index contributed by atoms with van der Waals surface area (Å²) >= 11 is 3.46. The maximum atomic E-state index is 5.74. The number of para-hydroxylation sites is 1. The van der Waals surface area contributed by atoms with Gasteiger partial charge in [0.1, 0.15) is 5.75 Å². The number of nitrogens with zero attached hydrogens (tertiary/aromatic N) is 1. The first-order valence-corrected chi connectivity index (χ1v) is 8.55. The second-order valence-corrected chi connectivity index (χ2v) is 6.87. The quantitative estimate of drug-likeness (QED) is 0.553. The van der Waals surface area contributed by atoms with Gasteiger partial charge in [-0.2, -0.15) is 0 Å². The summed E-state index contributed by atoms with van der Waals surface area (Å²) in [6.07, 6.45) is 0. The van der Waals surface area contributed by atoms with E-state index in [0.717, 1.165) is 26.9 Å². The van der Waals surface area contributed by atoms with Crippen molar-refractivity contribution in [1.29, 1.82) is 0 Å². The Morgan fingerprint density at radius 2 is 2.05 bits per heavy atom. The zero-order valence-corrected chi connectivity index (χ0v) is 13.1. The number of hydrogen-bond acceptors (Lipinski definition) is 5. The summed E-state index contributed by atoms with van der Waals surface area (Å²) in [6, 6.07) is 16.1. The summed E-state index contributed by atoms with van der Waals surface area (Å²) in [5.74, 6) is 1.76. The Balaban J connectivity index is 1.51. The first-order chi connectivity index (χ1) is 10.3. The molecule has 5 heteroatoms. The van der Waals surface area contributed by atoms with E-state index in [9.17, 15) is 0 Å². The molecule has 2 N–H and O–H groups in total. The van der Waals surface area contributed by atoms with E-state index >= 15 is 0 Å². The number of hydrogen-bond donors (Lipinski definition) is 1. The average molecular weight is 316 g/mol. The lowest BCUT2D eigenvalue weighted by atomic mass is 10.2. The minimum absolute atomic E-state index is 0.539. The van der Waals surface area contributed by atoms with Crippen LogP contribution >= 0.6 is 23.1 Å². The lowest BCUT2D eigenvalue weighted by Gasteiger charge is -2.06. The van der Waals surface area contributed by atoms with Crippen molar-refractivity contribution in [2.75, 3.05) is 12.4 Å². The molecule has 1 aromatic heterocycles. The Hall–Kier alpha value is -1.56. The first-order valence-electron chi connectivity index (χ1n) is 6.75. The van der Waals surface area contributed by atoms with E-state index in [1.807, 2.05) is 42.5 Å². The van der Waals surface area contributed by atoms with Gasteiger partial charge in [0.15, 0.2) is 4.34 Å². The standard InChI is InChI=1S/C16H16N2OS2/c17-11-12-4-3-5-13(10-12)19-8-9-20-16-18-14-6-1-2-7-15(14)21-16/h1-7,10H,8-9,11,17H2. The number of thioether (sulfide) groups is 1. The summed E-state index contributed by atoms with van der Waals surface area (Å²) in [5, 5.41) is 0. The number of benzene rings is 2. The lowest BCUT2D eigenvalue weighted by Crippen LogP contribution is -2.01. The molecule has 0 fully saturated rings. The summed E-state index contributed by atoms with van der Waals surface area (Å²) in [5.41, 5.74) is 7.78. The van der Waals surface area contributed by atoms with E-state index in [4.69, 9.17) is 10.5 Å². The van der Waals surface area contributed by atoms with Crippen molar-refractivity contribution in [3.05, 3.63) is 54.1 Å². The molecule has 1 heterocycles. The molecule has 0 radical (unpaired) electrons. The number of ether oxygens (including phenoxy) is 1. The van der Waals surface area contributed by atoms with Crippen LogP contribution in [0.3, 0.4) is 0 Å². The third kappa shape index (κ3) is 3.75. The highest BCUT2D eigenvalue weighted by molar-refractivity contribution is 8.01. The fraction of sp³-hybridized carbons (Fsp3) is 0.188. The minimum Gasteiger partial charge on any atom is -0.493 e. The summed E-state index contributed by atoms with van der Waals surface area (Å²) in [7, 11) is 0. The van der Waals surface area contributed by atoms with Crippen LogP contribution in [-0.2, 0) is 6.54 Å². The topological polar surface area (TPSA) is 48.1 Å². The first kappa shape index (κ1) is 14.4. The molecule has 0 saturated heterocycles. The van der Waals surface area contributed by atoms with Gasteiger partial charge in [-0.3, -0.25) is 0 Å². The van der Waals surface area contributed by atoms with Gasteiger partial charge in [0.2, 0.25) is 0 Å². The van der Waals surface area contributed by atoms with E-state index in [0.29, 0.717) is 13.2 Å². The van der Waals surface area contributed by atoms with Gasteiger partial charge in [0.25, 0.3) is 0 Å². The predicted octanol–water partition coefficient (Wildman–Crippen LogP) is 3.93. The van der Waals surface area contributed by atoms with Crippen LogP contribution in [-0.4, -0.2) is 17.3 Å². The largest absolute Gasteiger partial charge is 0.493 e. The second-order valence-electron chi connectivity index (χ2n) is 4.50. The molecule has 0 unspecified atom stereocenters. The maximum absolute atomic E-state index is 5.74. The maximum Gasteiger partial charge on any atom is 0.151 e. The normalized spacial score (nSPS) is 10.9. The summed E-state index contributed by atoms with van der Waals surface area (Å²) in [6.45, 7) is 1.20. The van der Waals surface area contributed by atoms with Crippen molar-refractivity contribution in [2.24, 2.45) is 5.73 Å². The molecule has 0 aliphatic heterocycles. The third-order valence-corrected chi connectivity index (χ3v) is 5.13. The number of aromatic nitrogens is 1. The third-order valence-electron chi connectivity index (χ3n) is 2.99. The van der Waals surface area contributed by atoms with Crippen LogP contribution in [0.4, 0.5) is 0 Å². The van der Waals surface area contributed by atoms with Crippen LogP contribution in [0.1, 0.15) is 5.56 Å². The molecule has 108 valence electrons. The number of fused-ring (bicyclic) bond motifs is 1. The van der Waals surface area contributed by atoms with E-state index in [1.54, 1.807) is 23.1 Å². The van der Waals surface area contributed by atoms with Crippen molar-refractivity contribution in [1.82, 2.24) is 4.98 Å². The predicted molar refractivity (Wildman–Crippen MR) is 90.2 cm³/mol. The van der Waals surface area contributed by atoms with Gasteiger partial charge < -0.3 is 10.5 Å². The number of rotatable bonds is 6. The SMILES string of the molecule is NCc1cccc(OCCSc2nc3ccccc3s2)c1. The van der Waals surface area contributed by atoms with Crippen LogP contribution in [0.2, 0.25) is 0 Å². The van der Waals surface area contributed by atoms with Crippen LogP contribution in [0.25, 0.3) is 10.2 Å². The van der Waals surface area contributed by atoms with Crippen molar-refractivity contribution in [2.45, 2.75) is 10.9 Å². The van der Waals surface area contributed by atoms with Gasteiger partial charge in [0, 0.05) is 12.3 Å². The van der Waals surface area contributed by atoms with Crippen molar-refractivity contribution >= 4 is 33.3 Å². The molecule has 3 nitrogen and oxygen atoms in total. The molecule has 0 atom stereocenters. The Bertz CT molecular complexity index is 694.